The first-order valence-corrected chi connectivity index (χ1v) is 12.4. The highest BCUT2D eigenvalue weighted by atomic mass is 32.2. The molecule has 10 heteroatoms. The highest BCUT2D eigenvalue weighted by molar-refractivity contribution is 7.93. The summed E-state index contributed by atoms with van der Waals surface area (Å²) >= 11 is 0. The highest BCUT2D eigenvalue weighted by Gasteiger charge is 2.72. The number of β-lactam (4-membered cyclic amide) rings is 1. The van der Waals surface area contributed by atoms with Crippen molar-refractivity contribution in [2.24, 2.45) is 5.92 Å². The summed E-state index contributed by atoms with van der Waals surface area (Å²) in [6.45, 7) is 2.61. The second-order valence-corrected chi connectivity index (χ2v) is 11.4. The summed E-state index contributed by atoms with van der Waals surface area (Å²) in [5.41, 5.74) is 1.61. The van der Waals surface area contributed by atoms with Crippen LogP contribution in [0.2, 0.25) is 0 Å². The topological polar surface area (TPSA) is 119 Å². The van der Waals surface area contributed by atoms with Gasteiger partial charge in [-0.1, -0.05) is 60.7 Å². The van der Waals surface area contributed by atoms with E-state index in [-0.39, 0.29) is 13.2 Å². The van der Waals surface area contributed by atoms with Gasteiger partial charge in [0, 0.05) is 6.54 Å². The van der Waals surface area contributed by atoms with Gasteiger partial charge in [-0.25, -0.2) is 18.0 Å². The van der Waals surface area contributed by atoms with Crippen molar-refractivity contribution < 1.29 is 32.3 Å². The first kappa shape index (κ1) is 23.7. The molecular formula is C24H26N2O7S. The third kappa shape index (κ3) is 4.13. The maximum Gasteiger partial charge on any atom is 0.407 e. The Balaban J connectivity index is 1.39. The normalized spacial score (nSPS) is 24.0. The molecule has 3 atom stereocenters. The van der Waals surface area contributed by atoms with E-state index in [4.69, 9.17) is 9.47 Å². The van der Waals surface area contributed by atoms with Crippen LogP contribution in [-0.2, 0) is 42.1 Å². The van der Waals surface area contributed by atoms with E-state index in [2.05, 4.69) is 5.32 Å². The maximum atomic E-state index is 13.2. The summed E-state index contributed by atoms with van der Waals surface area (Å²) in [4.78, 5) is 38.8. The number of nitrogens with zero attached hydrogens (tertiary/aromatic N) is 1. The van der Waals surface area contributed by atoms with Gasteiger partial charge in [-0.15, -0.1) is 0 Å². The van der Waals surface area contributed by atoms with Crippen LogP contribution in [0.1, 0.15) is 25.0 Å². The number of nitrogens with one attached hydrogen (secondary N) is 1. The van der Waals surface area contributed by atoms with E-state index in [1.54, 1.807) is 24.3 Å². The van der Waals surface area contributed by atoms with Gasteiger partial charge in [-0.2, -0.15) is 0 Å². The van der Waals surface area contributed by atoms with Crippen LogP contribution in [0.5, 0.6) is 0 Å². The number of amides is 2. The fourth-order valence-corrected chi connectivity index (χ4v) is 6.63. The van der Waals surface area contributed by atoms with Crippen molar-refractivity contribution in [3.05, 3.63) is 71.8 Å². The molecule has 0 unspecified atom stereocenters. The van der Waals surface area contributed by atoms with Crippen LogP contribution >= 0.6 is 0 Å². The summed E-state index contributed by atoms with van der Waals surface area (Å²) in [5.74, 6) is -2.41. The standard InChI is InChI=1S/C24H26N2O7S/c1-24(2)19(22(28)32-14-17-11-7-4-8-12-17)26-20(27)18(21(26)34(24,30)31)15-33-23(29)25-13-16-9-5-3-6-10-16/h3-12,18-19,21H,13-15H2,1-2H3,(H,25,29)/t18-,19-,21+/m0/s1. The summed E-state index contributed by atoms with van der Waals surface area (Å²) in [6, 6.07) is 16.9. The average Bonchev–Trinajstić information content (AvgIpc) is 2.97. The summed E-state index contributed by atoms with van der Waals surface area (Å²) in [7, 11) is -3.94. The molecule has 4 rings (SSSR count). The number of carbonyl (C=O) groups is 3. The van der Waals surface area contributed by atoms with Crippen LogP contribution in [0.3, 0.4) is 0 Å². The largest absolute Gasteiger partial charge is 0.459 e. The molecule has 0 spiro atoms. The third-order valence-electron chi connectivity index (χ3n) is 6.30. The van der Waals surface area contributed by atoms with Gasteiger partial charge in [-0.3, -0.25) is 4.79 Å². The first-order chi connectivity index (χ1) is 16.1. The van der Waals surface area contributed by atoms with E-state index in [9.17, 15) is 22.8 Å². The van der Waals surface area contributed by atoms with Gasteiger partial charge >= 0.3 is 12.1 Å². The second kappa shape index (κ2) is 9.09. The molecule has 2 fully saturated rings. The zero-order chi connectivity index (χ0) is 24.5. The Morgan fingerprint density at radius 3 is 2.18 bits per heavy atom. The van der Waals surface area contributed by atoms with Crippen molar-refractivity contribution in [1.82, 2.24) is 10.2 Å². The number of carbonyl (C=O) groups excluding carboxylic acids is 3. The van der Waals surface area contributed by atoms with Crippen molar-refractivity contribution in [3.63, 3.8) is 0 Å². The zero-order valence-electron chi connectivity index (χ0n) is 18.8. The lowest BCUT2D eigenvalue weighted by molar-refractivity contribution is -0.168. The van der Waals surface area contributed by atoms with E-state index in [0.717, 1.165) is 16.0 Å². The minimum Gasteiger partial charge on any atom is -0.459 e. The molecule has 0 saturated carbocycles. The lowest BCUT2D eigenvalue weighted by atomic mass is 9.92. The van der Waals surface area contributed by atoms with Gasteiger partial charge in [0.15, 0.2) is 15.2 Å². The number of fused-ring (bicyclic) bond motifs is 1. The van der Waals surface area contributed by atoms with Gasteiger partial charge < -0.3 is 19.7 Å². The molecule has 1 N–H and O–H groups in total. The van der Waals surface area contributed by atoms with Crippen LogP contribution in [0, 0.1) is 5.92 Å². The van der Waals surface area contributed by atoms with Crippen molar-refractivity contribution >= 4 is 27.8 Å². The monoisotopic (exact) mass is 486 g/mol. The van der Waals surface area contributed by atoms with E-state index in [0.29, 0.717) is 0 Å². The van der Waals surface area contributed by atoms with E-state index in [1.807, 2.05) is 36.4 Å². The van der Waals surface area contributed by atoms with Gasteiger partial charge in [0.2, 0.25) is 5.91 Å². The molecule has 2 aliphatic rings. The van der Waals surface area contributed by atoms with Gasteiger partial charge in [0.1, 0.15) is 25.2 Å². The predicted octanol–water partition coefficient (Wildman–Crippen LogP) is 2.02. The molecule has 0 aliphatic carbocycles. The average molecular weight is 487 g/mol. The second-order valence-electron chi connectivity index (χ2n) is 8.82. The quantitative estimate of drug-likeness (QED) is 0.470. The predicted molar refractivity (Wildman–Crippen MR) is 122 cm³/mol. The Bertz CT molecular complexity index is 1180. The van der Waals surface area contributed by atoms with Gasteiger partial charge in [0.05, 0.1) is 4.75 Å². The molecule has 0 radical (unpaired) electrons. The Kier molecular flexibility index (Phi) is 6.35. The smallest absolute Gasteiger partial charge is 0.407 e. The molecular weight excluding hydrogens is 460 g/mol. The Morgan fingerprint density at radius 1 is 0.971 bits per heavy atom. The van der Waals surface area contributed by atoms with Crippen molar-refractivity contribution in [2.45, 2.75) is 43.2 Å². The summed E-state index contributed by atoms with van der Waals surface area (Å²) in [5, 5.41) is 1.32. The Hall–Kier alpha value is -3.40. The Morgan fingerprint density at radius 2 is 1.56 bits per heavy atom. The fourth-order valence-electron chi connectivity index (χ4n) is 4.34. The molecule has 9 nitrogen and oxygen atoms in total. The van der Waals surface area contributed by atoms with Crippen molar-refractivity contribution in [2.75, 3.05) is 6.61 Å². The number of alkyl carbamates (subject to hydrolysis) is 1. The summed E-state index contributed by atoms with van der Waals surface area (Å²) in [6.07, 6.45) is -0.761. The molecule has 2 amide bonds. The lowest BCUT2D eigenvalue weighted by Gasteiger charge is -2.42. The zero-order valence-corrected chi connectivity index (χ0v) is 19.7. The minimum absolute atomic E-state index is 0.0346. The first-order valence-electron chi connectivity index (χ1n) is 10.9. The van der Waals surface area contributed by atoms with Crippen molar-refractivity contribution in [1.29, 1.82) is 0 Å². The number of hydrogen-bond donors (Lipinski definition) is 1. The number of sulfone groups is 1. The molecule has 2 aromatic carbocycles. The van der Waals surface area contributed by atoms with E-state index < -0.39 is 56.5 Å². The van der Waals surface area contributed by atoms with Crippen LogP contribution in [0.25, 0.3) is 0 Å². The molecule has 34 heavy (non-hydrogen) atoms. The Labute approximate surface area is 198 Å². The van der Waals surface area contributed by atoms with Crippen LogP contribution in [0.15, 0.2) is 60.7 Å². The minimum atomic E-state index is -3.94. The van der Waals surface area contributed by atoms with E-state index in [1.165, 1.54) is 13.8 Å². The summed E-state index contributed by atoms with van der Waals surface area (Å²) < 4.78 is 35.4. The molecule has 2 heterocycles. The van der Waals surface area contributed by atoms with Crippen LogP contribution in [-0.4, -0.2) is 54.1 Å². The van der Waals surface area contributed by atoms with Crippen LogP contribution < -0.4 is 5.32 Å². The van der Waals surface area contributed by atoms with Gasteiger partial charge in [0.25, 0.3) is 0 Å². The molecule has 0 bridgehead atoms. The number of hydrogen-bond acceptors (Lipinski definition) is 7. The number of benzene rings is 2. The molecule has 2 saturated heterocycles. The molecule has 2 aliphatic heterocycles. The number of ether oxygens (including phenoxy) is 2. The molecule has 180 valence electrons. The lowest BCUT2D eigenvalue weighted by Crippen LogP contribution is -2.65. The van der Waals surface area contributed by atoms with E-state index >= 15 is 0 Å². The highest BCUT2D eigenvalue weighted by Crippen LogP contribution is 2.49. The number of esters is 1. The third-order valence-corrected chi connectivity index (χ3v) is 9.18. The molecule has 0 aromatic heterocycles. The molecule has 2 aromatic rings. The van der Waals surface area contributed by atoms with Crippen LogP contribution in [0.4, 0.5) is 4.79 Å². The van der Waals surface area contributed by atoms with Gasteiger partial charge in [-0.05, 0) is 25.0 Å². The maximum absolute atomic E-state index is 13.2. The SMILES string of the molecule is CC1(C)[C@H](C(=O)OCc2ccccc2)N2C(=O)[C@H](COC(=O)NCc3ccccc3)[C@H]2S1(=O)=O. The number of rotatable bonds is 7. The fraction of sp³-hybridized carbons (Fsp3) is 0.375. The van der Waals surface area contributed by atoms with Crippen molar-refractivity contribution in [3.8, 4) is 0 Å².